The van der Waals surface area contributed by atoms with Crippen LogP contribution in [0.25, 0.3) is 0 Å². The molecule has 1 fully saturated rings. The fourth-order valence-electron chi connectivity index (χ4n) is 4.20. The number of nitrogens with one attached hydrogen (secondary N) is 3. The summed E-state index contributed by atoms with van der Waals surface area (Å²) < 4.78 is 5.86. The highest BCUT2D eigenvalue weighted by Gasteiger charge is 2.30. The predicted molar refractivity (Wildman–Crippen MR) is 133 cm³/mol. The monoisotopic (exact) mass is 492 g/mol. The number of carbonyl (C=O) groups excluding carboxylic acids is 4. The number of benzene rings is 2. The van der Waals surface area contributed by atoms with Gasteiger partial charge in [-0.3, -0.25) is 19.2 Å². The van der Waals surface area contributed by atoms with Crippen LogP contribution >= 0.6 is 0 Å². The van der Waals surface area contributed by atoms with Crippen LogP contribution in [0.15, 0.2) is 54.6 Å². The smallest absolute Gasteiger partial charge is 0.255 e. The first-order chi connectivity index (χ1) is 17.4. The first-order valence-electron chi connectivity index (χ1n) is 12.3. The van der Waals surface area contributed by atoms with Gasteiger partial charge in [-0.15, -0.1) is 0 Å². The highest BCUT2D eigenvalue weighted by atomic mass is 16.5. The Kier molecular flexibility index (Phi) is 8.20. The van der Waals surface area contributed by atoms with Crippen molar-refractivity contribution in [2.75, 3.05) is 20.2 Å². The van der Waals surface area contributed by atoms with Crippen molar-refractivity contribution in [1.29, 1.82) is 0 Å². The maximum Gasteiger partial charge on any atom is 0.255 e. The summed E-state index contributed by atoms with van der Waals surface area (Å²) in [6.45, 7) is 0.397. The third-order valence-corrected chi connectivity index (χ3v) is 6.61. The minimum absolute atomic E-state index is 0.0402. The first kappa shape index (κ1) is 25.2. The van der Waals surface area contributed by atoms with Crippen molar-refractivity contribution in [3.05, 3.63) is 65.7 Å². The molecule has 2 aliphatic rings. The molecule has 4 amide bonds. The van der Waals surface area contributed by atoms with Crippen LogP contribution in [-0.4, -0.2) is 60.8 Å². The molecule has 3 N–H and O–H groups in total. The highest BCUT2D eigenvalue weighted by molar-refractivity contribution is 6.00. The van der Waals surface area contributed by atoms with Gasteiger partial charge in [-0.05, 0) is 43.4 Å². The highest BCUT2D eigenvalue weighted by Crippen LogP contribution is 2.21. The topological polar surface area (TPSA) is 117 Å². The van der Waals surface area contributed by atoms with Crippen LogP contribution in [0.3, 0.4) is 0 Å². The van der Waals surface area contributed by atoms with E-state index in [2.05, 4.69) is 16.0 Å². The lowest BCUT2D eigenvalue weighted by molar-refractivity contribution is -0.136. The van der Waals surface area contributed by atoms with Gasteiger partial charge in [-0.25, -0.2) is 0 Å². The van der Waals surface area contributed by atoms with Crippen molar-refractivity contribution < 1.29 is 23.9 Å². The van der Waals surface area contributed by atoms with Gasteiger partial charge >= 0.3 is 0 Å². The zero-order valence-electron chi connectivity index (χ0n) is 20.4. The molecule has 0 bridgehead atoms. The van der Waals surface area contributed by atoms with Gasteiger partial charge in [-0.1, -0.05) is 42.5 Å². The van der Waals surface area contributed by atoms with Crippen molar-refractivity contribution in [2.24, 2.45) is 0 Å². The van der Waals surface area contributed by atoms with E-state index in [9.17, 15) is 19.2 Å². The van der Waals surface area contributed by atoms with Crippen LogP contribution in [0, 0.1) is 0 Å². The molecule has 0 aromatic heterocycles. The molecule has 1 aliphatic heterocycles. The third kappa shape index (κ3) is 6.21. The van der Waals surface area contributed by atoms with E-state index in [0.717, 1.165) is 19.3 Å². The molecular weight excluding hydrogens is 460 g/mol. The van der Waals surface area contributed by atoms with Crippen LogP contribution in [-0.2, 0) is 14.4 Å². The molecule has 2 atom stereocenters. The summed E-state index contributed by atoms with van der Waals surface area (Å²) in [6.07, 6.45) is 2.90. The van der Waals surface area contributed by atoms with Crippen molar-refractivity contribution in [2.45, 2.75) is 50.2 Å². The van der Waals surface area contributed by atoms with Crippen molar-refractivity contribution in [3.63, 3.8) is 0 Å². The summed E-state index contributed by atoms with van der Waals surface area (Å²) in [5.41, 5.74) is 0.945. The molecule has 2 aromatic rings. The van der Waals surface area contributed by atoms with Crippen molar-refractivity contribution >= 4 is 23.6 Å². The quantitative estimate of drug-likeness (QED) is 0.606. The number of hydrogen-bond acceptors (Lipinski definition) is 5. The molecule has 1 heterocycles. The first-order valence-corrected chi connectivity index (χ1v) is 12.3. The van der Waals surface area contributed by atoms with E-state index >= 15 is 0 Å². The van der Waals surface area contributed by atoms with E-state index in [1.807, 2.05) is 6.07 Å². The van der Waals surface area contributed by atoms with Crippen molar-refractivity contribution in [1.82, 2.24) is 20.9 Å². The molecule has 36 heavy (non-hydrogen) atoms. The molecule has 0 radical (unpaired) electrons. The van der Waals surface area contributed by atoms with Gasteiger partial charge < -0.3 is 25.6 Å². The minimum Gasteiger partial charge on any atom is -0.491 e. The number of hydrogen-bond donors (Lipinski definition) is 3. The second-order valence-electron chi connectivity index (χ2n) is 9.22. The van der Waals surface area contributed by atoms with Crippen LogP contribution in [0.5, 0.6) is 5.75 Å². The van der Waals surface area contributed by atoms with Gasteiger partial charge in [0.2, 0.25) is 17.7 Å². The summed E-state index contributed by atoms with van der Waals surface area (Å²) in [5.74, 6) is -1.08. The lowest BCUT2D eigenvalue weighted by atomic mass is 9.92. The zero-order valence-corrected chi connectivity index (χ0v) is 20.4. The van der Waals surface area contributed by atoms with Gasteiger partial charge in [0.25, 0.3) is 5.91 Å². The van der Waals surface area contributed by atoms with E-state index in [4.69, 9.17) is 4.74 Å². The molecule has 4 rings (SSSR count). The number of nitrogens with zero attached hydrogens (tertiary/aromatic N) is 1. The number of fused-ring (bicyclic) bond motifs is 1. The van der Waals surface area contributed by atoms with Gasteiger partial charge in [0, 0.05) is 19.5 Å². The fraction of sp³-hybridized carbons (Fsp3) is 0.407. The molecule has 9 heteroatoms. The number of rotatable bonds is 3. The summed E-state index contributed by atoms with van der Waals surface area (Å²) in [4.78, 5) is 53.8. The normalized spacial score (nSPS) is 22.0. The minimum atomic E-state index is -0.907. The van der Waals surface area contributed by atoms with E-state index < -0.39 is 18.0 Å². The van der Waals surface area contributed by atoms with Gasteiger partial charge in [-0.2, -0.15) is 0 Å². The third-order valence-electron chi connectivity index (χ3n) is 6.61. The molecule has 0 spiro atoms. The molecule has 1 saturated carbocycles. The Bertz CT molecular complexity index is 1100. The fourth-order valence-corrected chi connectivity index (χ4v) is 4.20. The summed E-state index contributed by atoms with van der Waals surface area (Å²) in [6, 6.07) is 14.1. The van der Waals surface area contributed by atoms with Gasteiger partial charge in [0.1, 0.15) is 24.4 Å². The van der Waals surface area contributed by atoms with Crippen LogP contribution in [0.1, 0.15) is 54.1 Å². The van der Waals surface area contributed by atoms with Crippen molar-refractivity contribution in [3.8, 4) is 5.75 Å². The number of ether oxygens (including phenoxy) is 1. The van der Waals surface area contributed by atoms with Crippen LogP contribution in [0.2, 0.25) is 0 Å². The Morgan fingerprint density at radius 2 is 1.69 bits per heavy atom. The Morgan fingerprint density at radius 1 is 0.972 bits per heavy atom. The maximum absolute atomic E-state index is 13.3. The molecule has 0 saturated heterocycles. The SMILES string of the molecule is CN1CCOc2ccccc2C(=O)N[C@H](C(=O)NC2CCC2)CCC(=O)N[C@@H](c2ccccc2)C1=O. The number of para-hydroxylation sites is 1. The summed E-state index contributed by atoms with van der Waals surface area (Å²) in [5, 5.41) is 8.57. The van der Waals surface area contributed by atoms with E-state index in [0.29, 0.717) is 11.3 Å². The van der Waals surface area contributed by atoms with E-state index in [1.165, 1.54) is 4.90 Å². The Hall–Kier alpha value is -3.88. The molecule has 9 nitrogen and oxygen atoms in total. The van der Waals surface area contributed by atoms with Gasteiger partial charge in [0.15, 0.2) is 0 Å². The van der Waals surface area contributed by atoms with E-state index in [-0.39, 0.29) is 55.3 Å². The Morgan fingerprint density at radius 3 is 2.42 bits per heavy atom. The Labute approximate surface area is 210 Å². The molecule has 190 valence electrons. The second-order valence-corrected chi connectivity index (χ2v) is 9.22. The van der Waals surface area contributed by atoms with Crippen LogP contribution < -0.4 is 20.7 Å². The molecule has 2 aromatic carbocycles. The second kappa shape index (κ2) is 11.7. The van der Waals surface area contributed by atoms with Gasteiger partial charge in [0.05, 0.1) is 12.1 Å². The number of carbonyl (C=O) groups is 4. The molecular formula is C27H32N4O5. The predicted octanol–water partition coefficient (Wildman–Crippen LogP) is 1.94. The zero-order chi connectivity index (χ0) is 25.5. The molecule has 1 aliphatic carbocycles. The Balaban J connectivity index is 1.60. The average molecular weight is 493 g/mol. The lowest BCUT2D eigenvalue weighted by Crippen LogP contribution is -2.51. The maximum atomic E-state index is 13.3. The summed E-state index contributed by atoms with van der Waals surface area (Å²) >= 11 is 0. The number of likely N-dealkylation sites (N-methyl/N-ethyl adjacent to an activating group) is 1. The van der Waals surface area contributed by atoms with Crippen LogP contribution in [0.4, 0.5) is 0 Å². The standard InChI is InChI=1S/C27H32N4O5/c1-31-16-17-36-22-13-6-5-12-20(22)25(33)29-21(26(34)28-19-10-7-11-19)14-15-23(32)30-24(27(31)35)18-8-3-2-4-9-18/h2-6,8-9,12-13,19,21,24H,7,10-11,14-17H2,1H3,(H,28,34)(H,29,33)(H,30,32)/t21-,24-/m0/s1. The summed E-state index contributed by atoms with van der Waals surface area (Å²) in [7, 11) is 1.64. The lowest BCUT2D eigenvalue weighted by Gasteiger charge is -2.29. The average Bonchev–Trinajstić information content (AvgIpc) is 2.87. The number of amides is 4. The molecule has 0 unspecified atom stereocenters. The van der Waals surface area contributed by atoms with E-state index in [1.54, 1.807) is 55.6 Å². The largest absolute Gasteiger partial charge is 0.491 e.